The van der Waals surface area contributed by atoms with Gasteiger partial charge in [-0.3, -0.25) is 4.79 Å². The first-order valence-electron chi connectivity index (χ1n) is 9.54. The molecule has 8 heteroatoms. The number of likely N-dealkylation sites (tertiary alicyclic amines) is 1. The maximum absolute atomic E-state index is 13.3. The smallest absolute Gasteiger partial charge is 0.259 e. The molecule has 2 aromatic heterocycles. The topological polar surface area (TPSA) is 77.0 Å². The summed E-state index contributed by atoms with van der Waals surface area (Å²) >= 11 is 6.32. The van der Waals surface area contributed by atoms with Crippen LogP contribution in [0.3, 0.4) is 0 Å². The number of amides is 1. The molecule has 1 aliphatic heterocycles. The first-order valence-corrected chi connectivity index (χ1v) is 9.92. The van der Waals surface area contributed by atoms with E-state index in [9.17, 15) is 4.79 Å². The average Bonchev–Trinajstić information content (AvgIpc) is 3.10. The molecule has 0 spiro atoms. The van der Waals surface area contributed by atoms with Crippen molar-refractivity contribution >= 4 is 17.5 Å². The third-order valence-corrected chi connectivity index (χ3v) is 5.88. The highest BCUT2D eigenvalue weighted by Gasteiger charge is 2.34. The number of carbonyl (C=O) groups is 1. The van der Waals surface area contributed by atoms with Crippen molar-refractivity contribution in [1.29, 1.82) is 0 Å². The Hall–Kier alpha value is -2.67. The molecule has 5 rings (SSSR count). The van der Waals surface area contributed by atoms with Gasteiger partial charge in [0.1, 0.15) is 17.0 Å². The molecule has 1 atom stereocenters. The fourth-order valence-electron chi connectivity index (χ4n) is 3.80. The van der Waals surface area contributed by atoms with E-state index >= 15 is 0 Å². The van der Waals surface area contributed by atoms with E-state index in [-0.39, 0.29) is 11.9 Å². The van der Waals surface area contributed by atoms with Crippen LogP contribution < -0.4 is 0 Å². The van der Waals surface area contributed by atoms with Crippen molar-refractivity contribution in [3.8, 4) is 11.3 Å². The summed E-state index contributed by atoms with van der Waals surface area (Å²) in [6.07, 6.45) is 5.29. The molecule has 0 unspecified atom stereocenters. The van der Waals surface area contributed by atoms with Crippen molar-refractivity contribution in [1.82, 2.24) is 25.1 Å². The monoisotopic (exact) mass is 397 g/mol. The zero-order valence-corrected chi connectivity index (χ0v) is 16.3. The van der Waals surface area contributed by atoms with Gasteiger partial charge in [0.25, 0.3) is 5.91 Å². The van der Waals surface area contributed by atoms with Crippen LogP contribution in [-0.4, -0.2) is 44.0 Å². The minimum absolute atomic E-state index is 0.0845. The van der Waals surface area contributed by atoms with E-state index in [1.54, 1.807) is 13.0 Å². The lowest BCUT2D eigenvalue weighted by atomic mass is 10.1. The first-order chi connectivity index (χ1) is 13.6. The quantitative estimate of drug-likeness (QED) is 0.668. The second-order valence-electron chi connectivity index (χ2n) is 7.53. The minimum Gasteiger partial charge on any atom is -0.360 e. The van der Waals surface area contributed by atoms with Gasteiger partial charge in [-0.05, 0) is 32.3 Å². The van der Waals surface area contributed by atoms with Crippen molar-refractivity contribution in [3.63, 3.8) is 0 Å². The number of rotatable bonds is 4. The van der Waals surface area contributed by atoms with Crippen LogP contribution in [0.4, 0.5) is 0 Å². The molecule has 2 fully saturated rings. The maximum Gasteiger partial charge on any atom is 0.259 e. The fraction of sp³-hybridized carbons (Fsp3) is 0.400. The number of halogens is 1. The third-order valence-electron chi connectivity index (χ3n) is 5.55. The van der Waals surface area contributed by atoms with E-state index in [2.05, 4.69) is 15.5 Å². The van der Waals surface area contributed by atoms with Crippen LogP contribution in [0, 0.1) is 6.92 Å². The van der Waals surface area contributed by atoms with Gasteiger partial charge >= 0.3 is 0 Å². The molecule has 0 N–H and O–H groups in total. The normalized spacial score (nSPS) is 19.4. The Morgan fingerprint density at radius 1 is 1.25 bits per heavy atom. The van der Waals surface area contributed by atoms with Crippen molar-refractivity contribution in [2.75, 3.05) is 13.1 Å². The summed E-state index contributed by atoms with van der Waals surface area (Å²) in [5, 5.41) is 13.2. The Labute approximate surface area is 167 Å². The molecule has 1 aromatic carbocycles. The van der Waals surface area contributed by atoms with E-state index in [1.165, 1.54) is 12.8 Å². The Morgan fingerprint density at radius 3 is 2.86 bits per heavy atom. The van der Waals surface area contributed by atoms with E-state index in [1.807, 2.05) is 34.0 Å². The number of nitrogens with zero attached hydrogens (tertiary/aromatic N) is 5. The minimum atomic E-state index is -0.0845. The summed E-state index contributed by atoms with van der Waals surface area (Å²) in [7, 11) is 0. The number of benzene rings is 1. The predicted molar refractivity (Wildman–Crippen MR) is 103 cm³/mol. The molecule has 2 aliphatic rings. The predicted octanol–water partition coefficient (Wildman–Crippen LogP) is 3.86. The highest BCUT2D eigenvalue weighted by Crippen LogP contribution is 2.39. The van der Waals surface area contributed by atoms with E-state index < -0.39 is 0 Å². The number of hydrogen-bond donors (Lipinski definition) is 0. The summed E-state index contributed by atoms with van der Waals surface area (Å²) in [5.41, 5.74) is 2.74. The lowest BCUT2D eigenvalue weighted by Gasteiger charge is -2.16. The zero-order chi connectivity index (χ0) is 19.3. The third kappa shape index (κ3) is 2.99. The molecule has 1 aliphatic carbocycles. The van der Waals surface area contributed by atoms with E-state index in [0.29, 0.717) is 46.6 Å². The Balaban J connectivity index is 1.38. The number of carbonyl (C=O) groups excluding carboxylic acids is 1. The van der Waals surface area contributed by atoms with Gasteiger partial charge < -0.3 is 9.42 Å². The van der Waals surface area contributed by atoms with Gasteiger partial charge in [0, 0.05) is 30.8 Å². The van der Waals surface area contributed by atoms with Gasteiger partial charge in [-0.1, -0.05) is 40.2 Å². The molecule has 3 aromatic rings. The zero-order valence-electron chi connectivity index (χ0n) is 15.5. The molecule has 0 radical (unpaired) electrons. The number of aryl methyl sites for hydroxylation is 1. The van der Waals surface area contributed by atoms with Gasteiger partial charge in [0.2, 0.25) is 0 Å². The van der Waals surface area contributed by atoms with Crippen LogP contribution in [0.25, 0.3) is 11.3 Å². The summed E-state index contributed by atoms with van der Waals surface area (Å²) < 4.78 is 7.26. The van der Waals surface area contributed by atoms with E-state index in [4.69, 9.17) is 16.1 Å². The fourth-order valence-corrected chi connectivity index (χ4v) is 4.02. The number of aromatic nitrogens is 4. The molecule has 0 bridgehead atoms. The molecular weight excluding hydrogens is 378 g/mol. The van der Waals surface area contributed by atoms with Gasteiger partial charge in [0.05, 0.1) is 16.8 Å². The van der Waals surface area contributed by atoms with Crippen molar-refractivity contribution in [3.05, 3.63) is 52.5 Å². The summed E-state index contributed by atoms with van der Waals surface area (Å²) in [6.45, 7) is 3.01. The highest BCUT2D eigenvalue weighted by molar-refractivity contribution is 6.33. The van der Waals surface area contributed by atoms with Gasteiger partial charge in [-0.25, -0.2) is 4.68 Å². The molecule has 144 valence electrons. The van der Waals surface area contributed by atoms with E-state index in [0.717, 1.165) is 12.1 Å². The lowest BCUT2D eigenvalue weighted by molar-refractivity contribution is 0.0786. The van der Waals surface area contributed by atoms with Crippen molar-refractivity contribution in [2.24, 2.45) is 0 Å². The Morgan fingerprint density at radius 2 is 2.07 bits per heavy atom. The van der Waals surface area contributed by atoms with Gasteiger partial charge in [0.15, 0.2) is 0 Å². The SMILES string of the molecule is Cc1onc(-c2ccccc2Cl)c1C(=O)N1CC[C@@H](n2cc(C3CC3)nn2)C1. The van der Waals surface area contributed by atoms with Gasteiger partial charge in [-0.2, -0.15) is 0 Å². The second kappa shape index (κ2) is 6.74. The van der Waals surface area contributed by atoms with Crippen LogP contribution in [0.2, 0.25) is 5.02 Å². The first kappa shape index (κ1) is 17.4. The van der Waals surface area contributed by atoms with Crippen LogP contribution in [0.1, 0.15) is 53.0 Å². The molecule has 7 nitrogen and oxygen atoms in total. The van der Waals surface area contributed by atoms with Crippen LogP contribution in [0.15, 0.2) is 35.0 Å². The van der Waals surface area contributed by atoms with Crippen LogP contribution in [-0.2, 0) is 0 Å². The average molecular weight is 398 g/mol. The number of hydrogen-bond acceptors (Lipinski definition) is 5. The highest BCUT2D eigenvalue weighted by atomic mass is 35.5. The Kier molecular flexibility index (Phi) is 4.19. The van der Waals surface area contributed by atoms with Crippen LogP contribution in [0.5, 0.6) is 0 Å². The van der Waals surface area contributed by atoms with Crippen LogP contribution >= 0.6 is 11.6 Å². The molecular formula is C20H20ClN5O2. The largest absolute Gasteiger partial charge is 0.360 e. The standard InChI is InChI=1S/C20H20ClN5O2/c1-12-18(19(23-28-12)15-4-2-3-5-16(15)21)20(27)25-9-8-14(10-25)26-11-17(22-24-26)13-6-7-13/h2-5,11,13-14H,6-10H2,1H3/t14-/m1/s1. The molecule has 1 amide bonds. The molecule has 1 saturated carbocycles. The lowest BCUT2D eigenvalue weighted by Crippen LogP contribution is -2.29. The summed E-state index contributed by atoms with van der Waals surface area (Å²) in [5.74, 6) is 0.990. The molecule has 3 heterocycles. The summed E-state index contributed by atoms with van der Waals surface area (Å²) in [6, 6.07) is 7.49. The van der Waals surface area contributed by atoms with Crippen molar-refractivity contribution < 1.29 is 9.32 Å². The van der Waals surface area contributed by atoms with Crippen molar-refractivity contribution in [2.45, 2.75) is 38.1 Å². The molecule has 28 heavy (non-hydrogen) atoms. The second-order valence-corrected chi connectivity index (χ2v) is 7.94. The maximum atomic E-state index is 13.3. The van der Waals surface area contributed by atoms with Gasteiger partial charge in [-0.15, -0.1) is 5.10 Å². The summed E-state index contributed by atoms with van der Waals surface area (Å²) in [4.78, 5) is 15.1. The molecule has 1 saturated heterocycles. The Bertz CT molecular complexity index is 1040.